The topological polar surface area (TPSA) is 55.0 Å². The molecule has 0 unspecified atom stereocenters. The van der Waals surface area contributed by atoms with Crippen LogP contribution in [-0.4, -0.2) is 17.3 Å². The summed E-state index contributed by atoms with van der Waals surface area (Å²) in [4.78, 5) is 10.9. The van der Waals surface area contributed by atoms with E-state index in [2.05, 4.69) is 10.2 Å². The van der Waals surface area contributed by atoms with Gasteiger partial charge in [0.15, 0.2) is 0 Å². The van der Waals surface area contributed by atoms with Crippen molar-refractivity contribution in [1.82, 2.24) is 10.2 Å². The van der Waals surface area contributed by atoms with Crippen LogP contribution in [-0.2, 0) is 0 Å². The molecule has 0 radical (unpaired) electrons. The van der Waals surface area contributed by atoms with Crippen LogP contribution in [0.15, 0.2) is 35.1 Å². The van der Waals surface area contributed by atoms with E-state index >= 15 is 0 Å². The third-order valence-electron chi connectivity index (χ3n) is 2.13. The zero-order valence-electron chi connectivity index (χ0n) is 8.53. The van der Waals surface area contributed by atoms with Gasteiger partial charge in [-0.05, 0) is 24.3 Å². The Kier molecular flexibility index (Phi) is 2.92. The van der Waals surface area contributed by atoms with E-state index in [0.717, 1.165) is 5.56 Å². The quantitative estimate of drug-likeness (QED) is 0.869. The first-order valence-electron chi connectivity index (χ1n) is 4.60. The summed E-state index contributed by atoms with van der Waals surface area (Å²) < 4.78 is 5.04. The normalized spacial score (nSPS) is 10.1. The molecular weight excluding hydrogens is 228 g/mol. The number of hydrogen-bond acceptors (Lipinski definition) is 3. The maximum Gasteiger partial charge on any atom is 0.264 e. The molecule has 0 atom stereocenters. The van der Waals surface area contributed by atoms with Gasteiger partial charge in [0, 0.05) is 11.6 Å². The van der Waals surface area contributed by atoms with Gasteiger partial charge in [-0.15, -0.1) is 0 Å². The van der Waals surface area contributed by atoms with Crippen molar-refractivity contribution in [2.45, 2.75) is 0 Å². The van der Waals surface area contributed by atoms with Crippen molar-refractivity contribution in [2.24, 2.45) is 0 Å². The van der Waals surface area contributed by atoms with Crippen molar-refractivity contribution >= 4 is 11.6 Å². The van der Waals surface area contributed by atoms with Gasteiger partial charge in [0.25, 0.3) is 5.56 Å². The largest absolute Gasteiger partial charge is 0.497 e. The number of nitrogens with one attached hydrogen (secondary N) is 1. The Balaban J connectivity index is 2.48. The summed E-state index contributed by atoms with van der Waals surface area (Å²) in [5, 5.41) is 6.79. The average Bonchev–Trinajstić information content (AvgIpc) is 2.30. The first-order valence-corrected chi connectivity index (χ1v) is 4.98. The molecule has 0 spiro atoms. The number of rotatable bonds is 2. The summed E-state index contributed by atoms with van der Waals surface area (Å²) in [6.45, 7) is 0. The molecule has 0 aliphatic rings. The lowest BCUT2D eigenvalue weighted by Gasteiger charge is -2.05. The van der Waals surface area contributed by atoms with Gasteiger partial charge in [-0.25, -0.2) is 5.10 Å². The second-order valence-electron chi connectivity index (χ2n) is 3.15. The fraction of sp³-hybridized carbons (Fsp3) is 0.0909. The smallest absolute Gasteiger partial charge is 0.264 e. The lowest BCUT2D eigenvalue weighted by atomic mass is 10.1. The molecule has 82 valence electrons. The van der Waals surface area contributed by atoms with Crippen LogP contribution in [0.1, 0.15) is 0 Å². The van der Waals surface area contributed by atoms with Crippen LogP contribution in [0.3, 0.4) is 0 Å². The van der Waals surface area contributed by atoms with Gasteiger partial charge in [-0.1, -0.05) is 11.6 Å². The number of aromatic nitrogens is 2. The lowest BCUT2D eigenvalue weighted by molar-refractivity contribution is 0.415. The van der Waals surface area contributed by atoms with Crippen molar-refractivity contribution in [3.05, 3.63) is 45.7 Å². The summed E-state index contributed by atoms with van der Waals surface area (Å²) in [6.07, 6.45) is 0. The molecule has 0 bridgehead atoms. The Hall–Kier alpha value is -1.81. The summed E-state index contributed by atoms with van der Waals surface area (Å²) in [7, 11) is 1.57. The number of methoxy groups -OCH3 is 1. The van der Waals surface area contributed by atoms with Crippen molar-refractivity contribution in [3.8, 4) is 17.0 Å². The fourth-order valence-electron chi connectivity index (χ4n) is 1.33. The minimum atomic E-state index is -0.242. The molecule has 2 aromatic rings. The standard InChI is InChI=1S/C11H9ClN2O2/c1-16-7-2-3-8(9(12)6-7)10-4-5-11(15)14-13-10/h2-6H,1H3,(H,14,15). The molecule has 0 saturated heterocycles. The van der Waals surface area contributed by atoms with Crippen LogP contribution in [0.2, 0.25) is 5.02 Å². The minimum absolute atomic E-state index is 0.242. The van der Waals surface area contributed by atoms with Gasteiger partial charge in [0.05, 0.1) is 17.8 Å². The van der Waals surface area contributed by atoms with Crippen LogP contribution >= 0.6 is 11.6 Å². The summed E-state index contributed by atoms with van der Waals surface area (Å²) in [5.74, 6) is 0.679. The lowest BCUT2D eigenvalue weighted by Crippen LogP contribution is -2.05. The molecule has 0 amide bonds. The summed E-state index contributed by atoms with van der Waals surface area (Å²) in [5.41, 5.74) is 1.12. The second kappa shape index (κ2) is 4.37. The molecule has 2 rings (SSSR count). The molecule has 1 aromatic carbocycles. The molecule has 0 saturated carbocycles. The average molecular weight is 237 g/mol. The summed E-state index contributed by atoms with van der Waals surface area (Å²) in [6, 6.07) is 8.30. The van der Waals surface area contributed by atoms with Gasteiger partial charge in [0.1, 0.15) is 5.75 Å². The van der Waals surface area contributed by atoms with Gasteiger partial charge in [-0.3, -0.25) is 4.79 Å². The number of aromatic amines is 1. The van der Waals surface area contributed by atoms with E-state index < -0.39 is 0 Å². The maximum absolute atomic E-state index is 10.9. The molecule has 16 heavy (non-hydrogen) atoms. The van der Waals surface area contributed by atoms with Gasteiger partial charge < -0.3 is 4.74 Å². The Morgan fingerprint density at radius 1 is 1.31 bits per heavy atom. The SMILES string of the molecule is COc1ccc(-c2ccc(=O)[nH]n2)c(Cl)c1. The van der Waals surface area contributed by atoms with E-state index in [1.54, 1.807) is 31.4 Å². The maximum atomic E-state index is 10.9. The van der Waals surface area contributed by atoms with Gasteiger partial charge in [-0.2, -0.15) is 5.10 Å². The van der Waals surface area contributed by atoms with Crippen LogP contribution < -0.4 is 10.3 Å². The monoisotopic (exact) mass is 236 g/mol. The van der Waals surface area contributed by atoms with E-state index in [9.17, 15) is 4.79 Å². The van der Waals surface area contributed by atoms with Gasteiger partial charge >= 0.3 is 0 Å². The molecule has 4 nitrogen and oxygen atoms in total. The first kappa shape index (κ1) is 10.7. The molecule has 5 heteroatoms. The van der Waals surface area contributed by atoms with Crippen molar-refractivity contribution in [3.63, 3.8) is 0 Å². The zero-order chi connectivity index (χ0) is 11.5. The fourth-order valence-corrected chi connectivity index (χ4v) is 1.59. The van der Waals surface area contributed by atoms with E-state index in [1.165, 1.54) is 6.07 Å². The van der Waals surface area contributed by atoms with E-state index in [-0.39, 0.29) is 5.56 Å². The third kappa shape index (κ3) is 2.06. The Labute approximate surface area is 96.8 Å². The number of ether oxygens (including phenoxy) is 1. The Morgan fingerprint density at radius 3 is 2.69 bits per heavy atom. The van der Waals surface area contributed by atoms with Crippen molar-refractivity contribution < 1.29 is 4.74 Å². The first-order chi connectivity index (χ1) is 7.70. The Morgan fingerprint density at radius 2 is 2.12 bits per heavy atom. The number of nitrogens with zero attached hydrogens (tertiary/aromatic N) is 1. The third-order valence-corrected chi connectivity index (χ3v) is 2.44. The molecule has 1 aromatic heterocycles. The van der Waals surface area contributed by atoms with Crippen LogP contribution in [0.4, 0.5) is 0 Å². The molecule has 0 aliphatic carbocycles. The van der Waals surface area contributed by atoms with Crippen LogP contribution in [0, 0.1) is 0 Å². The van der Waals surface area contributed by atoms with Crippen LogP contribution in [0.5, 0.6) is 5.75 Å². The van der Waals surface area contributed by atoms with Crippen LogP contribution in [0.25, 0.3) is 11.3 Å². The van der Waals surface area contributed by atoms with Crippen molar-refractivity contribution in [1.29, 1.82) is 0 Å². The molecule has 1 heterocycles. The predicted molar refractivity (Wildman–Crippen MR) is 61.9 cm³/mol. The van der Waals surface area contributed by atoms with E-state index in [4.69, 9.17) is 16.3 Å². The molecular formula is C11H9ClN2O2. The molecule has 0 fully saturated rings. The van der Waals surface area contributed by atoms with Crippen molar-refractivity contribution in [2.75, 3.05) is 7.11 Å². The zero-order valence-corrected chi connectivity index (χ0v) is 9.28. The highest BCUT2D eigenvalue weighted by Gasteiger charge is 2.06. The van der Waals surface area contributed by atoms with E-state index in [0.29, 0.717) is 16.5 Å². The number of halogens is 1. The van der Waals surface area contributed by atoms with Gasteiger partial charge in [0.2, 0.25) is 0 Å². The Bertz CT molecular complexity index is 546. The minimum Gasteiger partial charge on any atom is -0.497 e. The highest BCUT2D eigenvalue weighted by molar-refractivity contribution is 6.33. The number of hydrogen-bond donors (Lipinski definition) is 1. The second-order valence-corrected chi connectivity index (χ2v) is 3.56. The summed E-state index contributed by atoms with van der Waals surface area (Å²) >= 11 is 6.07. The molecule has 1 N–H and O–H groups in total. The molecule has 0 aliphatic heterocycles. The number of H-pyrrole nitrogens is 1. The number of benzene rings is 1. The van der Waals surface area contributed by atoms with E-state index in [1.807, 2.05) is 0 Å². The highest BCUT2D eigenvalue weighted by Crippen LogP contribution is 2.29. The predicted octanol–water partition coefficient (Wildman–Crippen LogP) is 2.10. The highest BCUT2D eigenvalue weighted by atomic mass is 35.5.